The maximum atomic E-state index is 12.7. The Morgan fingerprint density at radius 1 is 1.10 bits per heavy atom. The first-order valence-corrected chi connectivity index (χ1v) is 12.6. The molecule has 9 heteroatoms. The minimum absolute atomic E-state index is 0.164. The number of aromatic nitrogens is 3. The topological polar surface area (TPSA) is 76.9 Å². The van der Waals surface area contributed by atoms with Gasteiger partial charge in [0.05, 0.1) is 10.9 Å². The average Bonchev–Trinajstić information content (AvgIpc) is 3.15. The maximum absolute atomic E-state index is 12.7. The zero-order valence-electron chi connectivity index (χ0n) is 17.0. The van der Waals surface area contributed by atoms with Gasteiger partial charge in [0.2, 0.25) is 10.0 Å². The number of thioether (sulfide) groups is 1. The highest BCUT2D eigenvalue weighted by Gasteiger charge is 2.23. The molecule has 0 amide bonds. The Bertz CT molecular complexity index is 1050. The van der Waals surface area contributed by atoms with Gasteiger partial charge in [-0.15, -0.1) is 10.2 Å². The van der Waals surface area contributed by atoms with Gasteiger partial charge >= 0.3 is 0 Å². The van der Waals surface area contributed by atoms with Crippen molar-refractivity contribution in [3.05, 3.63) is 71.0 Å². The molecule has 0 aliphatic heterocycles. The predicted octanol–water partition coefficient (Wildman–Crippen LogP) is 4.72. The van der Waals surface area contributed by atoms with Crippen molar-refractivity contribution in [1.82, 2.24) is 19.5 Å². The Labute approximate surface area is 187 Å². The third-order valence-corrected chi connectivity index (χ3v) is 7.45. The molecule has 0 radical (unpaired) electrons. The van der Waals surface area contributed by atoms with Gasteiger partial charge in [0.15, 0.2) is 11.0 Å². The molecule has 0 fully saturated rings. The SMILES string of the molecule is CCn1c(SCCCc2ccccc2)nnc1[C@@H](C)NS(=O)(=O)c1ccc(Cl)cc1. The van der Waals surface area contributed by atoms with E-state index in [1.807, 2.05) is 17.6 Å². The smallest absolute Gasteiger partial charge is 0.241 e. The lowest BCUT2D eigenvalue weighted by molar-refractivity contribution is 0.539. The summed E-state index contributed by atoms with van der Waals surface area (Å²) in [4.78, 5) is 0.164. The molecule has 30 heavy (non-hydrogen) atoms. The van der Waals surface area contributed by atoms with Gasteiger partial charge in [-0.05, 0) is 56.5 Å². The molecule has 2 aromatic carbocycles. The van der Waals surface area contributed by atoms with Crippen molar-refractivity contribution in [3.63, 3.8) is 0 Å². The van der Waals surface area contributed by atoms with Crippen LogP contribution in [0.3, 0.4) is 0 Å². The average molecular weight is 465 g/mol. The van der Waals surface area contributed by atoms with E-state index in [2.05, 4.69) is 39.2 Å². The second kappa shape index (κ2) is 10.4. The van der Waals surface area contributed by atoms with E-state index in [-0.39, 0.29) is 4.90 Å². The van der Waals surface area contributed by atoms with Crippen LogP contribution < -0.4 is 4.72 Å². The second-order valence-corrected chi connectivity index (χ2v) is 10.0. The number of benzene rings is 2. The van der Waals surface area contributed by atoms with Crippen LogP contribution in [-0.2, 0) is 23.0 Å². The van der Waals surface area contributed by atoms with Crippen LogP contribution in [0.2, 0.25) is 5.02 Å². The highest BCUT2D eigenvalue weighted by Crippen LogP contribution is 2.23. The first kappa shape index (κ1) is 22.8. The van der Waals surface area contributed by atoms with Crippen LogP contribution in [0.1, 0.15) is 37.7 Å². The number of aryl methyl sites for hydroxylation is 1. The standard InChI is InChI=1S/C21H25ClN4O2S2/c1-3-26-20(16(2)25-30(27,28)19-13-11-18(22)12-14-19)23-24-21(26)29-15-7-10-17-8-5-4-6-9-17/h4-6,8-9,11-14,16,25H,3,7,10,15H2,1-2H3/t16-/m1/s1. The molecule has 160 valence electrons. The fourth-order valence-electron chi connectivity index (χ4n) is 3.08. The zero-order valence-corrected chi connectivity index (χ0v) is 19.3. The van der Waals surface area contributed by atoms with Gasteiger partial charge in [0.1, 0.15) is 0 Å². The Kier molecular flexibility index (Phi) is 7.93. The van der Waals surface area contributed by atoms with Crippen molar-refractivity contribution < 1.29 is 8.42 Å². The largest absolute Gasteiger partial charge is 0.305 e. The van der Waals surface area contributed by atoms with E-state index in [0.717, 1.165) is 23.8 Å². The minimum Gasteiger partial charge on any atom is -0.305 e. The van der Waals surface area contributed by atoms with Crippen LogP contribution in [-0.4, -0.2) is 28.9 Å². The summed E-state index contributed by atoms with van der Waals surface area (Å²) in [5.41, 5.74) is 1.32. The molecule has 0 spiro atoms. The number of hydrogen-bond donors (Lipinski definition) is 1. The molecule has 6 nitrogen and oxygen atoms in total. The lowest BCUT2D eigenvalue weighted by Crippen LogP contribution is -2.29. The molecule has 0 aliphatic carbocycles. The Morgan fingerprint density at radius 3 is 2.47 bits per heavy atom. The lowest BCUT2D eigenvalue weighted by atomic mass is 10.1. The van der Waals surface area contributed by atoms with Crippen molar-refractivity contribution in [2.24, 2.45) is 0 Å². The van der Waals surface area contributed by atoms with Gasteiger partial charge in [0.25, 0.3) is 0 Å². The number of nitrogens with one attached hydrogen (secondary N) is 1. The molecule has 0 bridgehead atoms. The van der Waals surface area contributed by atoms with Gasteiger partial charge in [0, 0.05) is 17.3 Å². The molecule has 0 aliphatic rings. The summed E-state index contributed by atoms with van der Waals surface area (Å²) in [5.74, 6) is 1.51. The lowest BCUT2D eigenvalue weighted by Gasteiger charge is -2.15. The van der Waals surface area contributed by atoms with E-state index in [0.29, 0.717) is 17.4 Å². The Hall–Kier alpha value is -1.87. The number of halogens is 1. The third kappa shape index (κ3) is 5.85. The highest BCUT2D eigenvalue weighted by atomic mass is 35.5. The van der Waals surface area contributed by atoms with Crippen molar-refractivity contribution in [3.8, 4) is 0 Å². The Morgan fingerprint density at radius 2 is 1.80 bits per heavy atom. The number of rotatable bonds is 10. The van der Waals surface area contributed by atoms with Gasteiger partial charge in [-0.25, -0.2) is 13.1 Å². The molecular weight excluding hydrogens is 440 g/mol. The summed E-state index contributed by atoms with van der Waals surface area (Å²) in [5, 5.41) is 9.84. The van der Waals surface area contributed by atoms with Crippen molar-refractivity contribution in [2.45, 2.75) is 49.3 Å². The maximum Gasteiger partial charge on any atom is 0.241 e. The van der Waals surface area contributed by atoms with Crippen LogP contribution in [0.5, 0.6) is 0 Å². The number of hydrogen-bond acceptors (Lipinski definition) is 5. The Balaban J connectivity index is 1.63. The molecule has 1 atom stereocenters. The minimum atomic E-state index is -3.69. The van der Waals surface area contributed by atoms with E-state index in [1.165, 1.54) is 17.7 Å². The number of nitrogens with zero attached hydrogens (tertiary/aromatic N) is 3. The van der Waals surface area contributed by atoms with Crippen LogP contribution in [0, 0.1) is 0 Å². The second-order valence-electron chi connectivity index (χ2n) is 6.82. The van der Waals surface area contributed by atoms with Gasteiger partial charge in [-0.1, -0.05) is 53.7 Å². The fourth-order valence-corrected chi connectivity index (χ4v) is 5.35. The predicted molar refractivity (Wildman–Crippen MR) is 121 cm³/mol. The summed E-state index contributed by atoms with van der Waals surface area (Å²) in [7, 11) is -3.69. The molecular formula is C21H25ClN4O2S2. The normalized spacial score (nSPS) is 12.8. The van der Waals surface area contributed by atoms with Gasteiger partial charge in [-0.2, -0.15) is 0 Å². The molecule has 0 saturated carbocycles. The van der Waals surface area contributed by atoms with Gasteiger partial charge in [-0.3, -0.25) is 0 Å². The molecule has 3 rings (SSSR count). The van der Waals surface area contributed by atoms with Crippen molar-refractivity contribution >= 4 is 33.4 Å². The first-order valence-electron chi connectivity index (χ1n) is 9.78. The van der Waals surface area contributed by atoms with Crippen molar-refractivity contribution in [2.75, 3.05) is 5.75 Å². The molecule has 3 aromatic rings. The summed E-state index contributed by atoms with van der Waals surface area (Å²) in [6, 6.07) is 15.9. The monoisotopic (exact) mass is 464 g/mol. The molecule has 1 heterocycles. The first-order chi connectivity index (χ1) is 14.4. The van der Waals surface area contributed by atoms with Crippen LogP contribution in [0.25, 0.3) is 0 Å². The molecule has 1 aromatic heterocycles. The van der Waals surface area contributed by atoms with E-state index < -0.39 is 16.1 Å². The number of sulfonamides is 1. The van der Waals surface area contributed by atoms with Crippen LogP contribution >= 0.6 is 23.4 Å². The quantitative estimate of drug-likeness (QED) is 0.347. The van der Waals surface area contributed by atoms with Crippen molar-refractivity contribution in [1.29, 1.82) is 0 Å². The van der Waals surface area contributed by atoms with E-state index in [9.17, 15) is 8.42 Å². The van der Waals surface area contributed by atoms with Gasteiger partial charge < -0.3 is 4.57 Å². The summed E-state index contributed by atoms with van der Waals surface area (Å²) >= 11 is 7.50. The summed E-state index contributed by atoms with van der Waals surface area (Å²) < 4.78 is 30.0. The fraction of sp³-hybridized carbons (Fsp3) is 0.333. The van der Waals surface area contributed by atoms with Crippen LogP contribution in [0.4, 0.5) is 0 Å². The summed E-state index contributed by atoms with van der Waals surface area (Å²) in [6.45, 7) is 4.44. The highest BCUT2D eigenvalue weighted by molar-refractivity contribution is 7.99. The summed E-state index contributed by atoms with van der Waals surface area (Å²) in [6.07, 6.45) is 2.04. The van der Waals surface area contributed by atoms with Crippen LogP contribution in [0.15, 0.2) is 64.6 Å². The van der Waals surface area contributed by atoms with E-state index in [4.69, 9.17) is 11.6 Å². The molecule has 0 unspecified atom stereocenters. The zero-order chi connectivity index (χ0) is 21.6. The molecule has 0 saturated heterocycles. The molecule has 1 N–H and O–H groups in total. The third-order valence-electron chi connectivity index (χ3n) is 4.59. The van der Waals surface area contributed by atoms with E-state index in [1.54, 1.807) is 30.8 Å². The van der Waals surface area contributed by atoms with E-state index >= 15 is 0 Å².